The minimum absolute atomic E-state index is 0.0415. The van der Waals surface area contributed by atoms with Gasteiger partial charge in [-0.2, -0.15) is 23.1 Å². The van der Waals surface area contributed by atoms with Crippen molar-refractivity contribution in [3.63, 3.8) is 0 Å². The van der Waals surface area contributed by atoms with E-state index in [0.29, 0.717) is 43.9 Å². The summed E-state index contributed by atoms with van der Waals surface area (Å²) in [6, 6.07) is -0.116. The lowest BCUT2D eigenvalue weighted by atomic mass is 9.95. The number of aromatic nitrogens is 4. The summed E-state index contributed by atoms with van der Waals surface area (Å²) < 4.78 is 80.0. The van der Waals surface area contributed by atoms with Gasteiger partial charge in [0.2, 0.25) is 0 Å². The number of hydrogen-bond acceptors (Lipinski definition) is 9. The van der Waals surface area contributed by atoms with Crippen molar-refractivity contribution in [2.75, 3.05) is 43.8 Å². The van der Waals surface area contributed by atoms with Gasteiger partial charge in [-0.05, 0) is 77.9 Å². The van der Waals surface area contributed by atoms with Crippen LogP contribution in [0.15, 0.2) is 0 Å². The van der Waals surface area contributed by atoms with E-state index in [1.165, 1.54) is 0 Å². The summed E-state index contributed by atoms with van der Waals surface area (Å²) in [5, 5.41) is 7.08. The minimum atomic E-state index is -5.05. The molecule has 0 radical (unpaired) electrons. The van der Waals surface area contributed by atoms with Gasteiger partial charge in [0.25, 0.3) is 0 Å². The van der Waals surface area contributed by atoms with E-state index < -0.39 is 46.1 Å². The van der Waals surface area contributed by atoms with Crippen molar-refractivity contribution in [2.24, 2.45) is 0 Å². The fourth-order valence-corrected chi connectivity index (χ4v) is 7.00. The molecule has 6 heterocycles. The number of rotatable bonds is 8. The number of anilines is 2. The Morgan fingerprint density at radius 1 is 1.05 bits per heavy atom. The summed E-state index contributed by atoms with van der Waals surface area (Å²) in [6.45, 7) is 6.78. The third-order valence-electron chi connectivity index (χ3n) is 9.15. The Morgan fingerprint density at radius 3 is 2.50 bits per heavy atom. The van der Waals surface area contributed by atoms with Gasteiger partial charge >= 0.3 is 12.2 Å². The molecule has 44 heavy (non-hydrogen) atoms. The molecule has 4 N–H and O–H groups in total. The number of alkyl halides is 3. The molecule has 0 aliphatic carbocycles. The first-order chi connectivity index (χ1) is 21.0. The van der Waals surface area contributed by atoms with Crippen LogP contribution in [0.1, 0.15) is 68.7 Å². The summed E-state index contributed by atoms with van der Waals surface area (Å²) in [7, 11) is 0. The van der Waals surface area contributed by atoms with E-state index in [2.05, 4.69) is 42.4 Å². The van der Waals surface area contributed by atoms with Crippen LogP contribution in [0.25, 0.3) is 22.3 Å². The number of nitrogens with two attached hydrogens (primary N) is 1. The number of pyridine rings is 2. The van der Waals surface area contributed by atoms with Crippen LogP contribution in [-0.2, 0) is 12.6 Å². The van der Waals surface area contributed by atoms with Crippen molar-refractivity contribution in [2.45, 2.75) is 83.0 Å². The first-order valence-electron chi connectivity index (χ1n) is 15.3. The quantitative estimate of drug-likeness (QED) is 0.225. The van der Waals surface area contributed by atoms with Gasteiger partial charge in [-0.1, -0.05) is 6.92 Å². The van der Waals surface area contributed by atoms with Crippen LogP contribution >= 0.6 is 0 Å². The van der Waals surface area contributed by atoms with Gasteiger partial charge in [0.05, 0.1) is 22.2 Å². The molecule has 3 aliphatic rings. The Morgan fingerprint density at radius 2 is 1.80 bits per heavy atom. The van der Waals surface area contributed by atoms with Gasteiger partial charge < -0.3 is 21.1 Å². The maximum Gasteiger partial charge on any atom is 0.418 e. The molecule has 0 spiro atoms. The highest BCUT2D eigenvalue weighted by Gasteiger charge is 2.45. The maximum absolute atomic E-state index is 16.5. The highest BCUT2D eigenvalue weighted by atomic mass is 19.4. The summed E-state index contributed by atoms with van der Waals surface area (Å²) in [4.78, 5) is 19.5. The summed E-state index contributed by atoms with van der Waals surface area (Å²) in [5.74, 6) is -2.91. The van der Waals surface area contributed by atoms with Crippen molar-refractivity contribution in [3.05, 3.63) is 28.5 Å². The lowest BCUT2D eigenvalue weighted by molar-refractivity contribution is -0.137. The Labute approximate surface area is 252 Å². The number of ether oxygens (including phenoxy) is 1. The second kappa shape index (κ2) is 11.8. The van der Waals surface area contributed by atoms with Gasteiger partial charge in [-0.15, -0.1) is 0 Å². The molecule has 1 atom stereocenters. The SMILES string of the molecule is CCCNCC1CCCc2nc(-c3nc(N)c(F)c(C)c3C(F)(F)F)c(F)c3nc(OCC45CCCN4CCC5)nc(c23)N1. The number of nitrogen functional groups attached to an aromatic ring is 1. The molecule has 238 valence electrons. The van der Waals surface area contributed by atoms with Crippen molar-refractivity contribution < 1.29 is 26.7 Å². The summed E-state index contributed by atoms with van der Waals surface area (Å²) in [5.41, 5.74) is 1.82. The van der Waals surface area contributed by atoms with Gasteiger partial charge in [0.15, 0.2) is 17.5 Å². The summed E-state index contributed by atoms with van der Waals surface area (Å²) >= 11 is 0. The molecule has 6 rings (SSSR count). The zero-order valence-corrected chi connectivity index (χ0v) is 24.9. The van der Waals surface area contributed by atoms with Gasteiger partial charge in [-0.25, -0.2) is 18.7 Å². The van der Waals surface area contributed by atoms with Gasteiger partial charge in [-0.3, -0.25) is 4.90 Å². The highest BCUT2D eigenvalue weighted by Crippen LogP contribution is 2.43. The average molecular weight is 621 g/mol. The number of nitrogens with zero attached hydrogens (tertiary/aromatic N) is 5. The average Bonchev–Trinajstić information content (AvgIpc) is 3.54. The highest BCUT2D eigenvalue weighted by molar-refractivity contribution is 5.94. The third kappa shape index (κ3) is 5.50. The number of fused-ring (bicyclic) bond motifs is 1. The molecule has 9 nitrogen and oxygen atoms in total. The molecule has 2 saturated heterocycles. The van der Waals surface area contributed by atoms with Crippen LogP contribution < -0.4 is 21.1 Å². The second-order valence-corrected chi connectivity index (χ2v) is 12.1. The zero-order valence-electron chi connectivity index (χ0n) is 24.9. The molecular formula is C30H37F5N8O. The van der Waals surface area contributed by atoms with E-state index in [-0.39, 0.29) is 28.5 Å². The van der Waals surface area contributed by atoms with Crippen LogP contribution in [0.4, 0.5) is 33.6 Å². The lowest BCUT2D eigenvalue weighted by Crippen LogP contribution is -2.43. The number of hydrogen-bond donors (Lipinski definition) is 3. The number of halogens is 5. The minimum Gasteiger partial charge on any atom is -0.461 e. The smallest absolute Gasteiger partial charge is 0.418 e. The number of nitrogens with one attached hydrogen (secondary N) is 2. The van der Waals surface area contributed by atoms with Crippen LogP contribution in [0.5, 0.6) is 6.01 Å². The lowest BCUT2D eigenvalue weighted by Gasteiger charge is -2.31. The van der Waals surface area contributed by atoms with E-state index in [4.69, 9.17) is 10.5 Å². The molecule has 0 saturated carbocycles. The van der Waals surface area contributed by atoms with Gasteiger partial charge in [0, 0.05) is 18.2 Å². The molecule has 0 amide bonds. The van der Waals surface area contributed by atoms with Crippen molar-refractivity contribution in [3.8, 4) is 17.4 Å². The van der Waals surface area contributed by atoms with Crippen LogP contribution in [0, 0.1) is 18.6 Å². The van der Waals surface area contributed by atoms with Crippen molar-refractivity contribution >= 4 is 22.5 Å². The van der Waals surface area contributed by atoms with Crippen molar-refractivity contribution in [1.29, 1.82) is 0 Å². The monoisotopic (exact) mass is 620 g/mol. The first-order valence-corrected chi connectivity index (χ1v) is 15.3. The Bertz CT molecular complexity index is 1560. The Kier molecular flexibility index (Phi) is 8.24. The molecule has 0 bridgehead atoms. The van der Waals surface area contributed by atoms with E-state index in [0.717, 1.165) is 58.7 Å². The molecule has 1 unspecified atom stereocenters. The molecular weight excluding hydrogens is 583 g/mol. The van der Waals surface area contributed by atoms with E-state index in [1.807, 2.05) is 0 Å². The maximum atomic E-state index is 16.5. The first kappa shape index (κ1) is 30.6. The van der Waals surface area contributed by atoms with Crippen molar-refractivity contribution in [1.82, 2.24) is 30.2 Å². The topological polar surface area (TPSA) is 114 Å². The Hall–Kier alpha value is -3.39. The van der Waals surface area contributed by atoms with E-state index in [1.54, 1.807) is 0 Å². The second-order valence-electron chi connectivity index (χ2n) is 12.1. The van der Waals surface area contributed by atoms with E-state index >= 15 is 4.39 Å². The molecule has 2 fully saturated rings. The predicted molar refractivity (Wildman–Crippen MR) is 156 cm³/mol. The largest absolute Gasteiger partial charge is 0.461 e. The molecule has 3 aromatic rings. The number of aryl methyl sites for hydroxylation is 1. The normalized spacial score (nSPS) is 19.9. The molecule has 3 aromatic heterocycles. The fraction of sp³-hybridized carbons (Fsp3) is 0.600. The van der Waals surface area contributed by atoms with Crippen LogP contribution in [-0.4, -0.2) is 69.2 Å². The summed E-state index contributed by atoms with van der Waals surface area (Å²) in [6.07, 6.45) is 1.64. The molecule has 14 heteroatoms. The molecule has 3 aliphatic heterocycles. The third-order valence-corrected chi connectivity index (χ3v) is 9.15. The Balaban J connectivity index is 1.50. The fourth-order valence-electron chi connectivity index (χ4n) is 7.00. The predicted octanol–water partition coefficient (Wildman–Crippen LogP) is 5.40. The molecule has 0 aromatic carbocycles. The zero-order chi connectivity index (χ0) is 31.2. The van der Waals surface area contributed by atoms with E-state index in [9.17, 15) is 17.6 Å². The van der Waals surface area contributed by atoms with Crippen LogP contribution in [0.3, 0.4) is 0 Å². The standard InChI is InChI=1S/C30H37F5N8O/c1-3-11-37-14-17-7-4-8-18-19-23(22(32)25(39-18)24-20(30(33,34)35)16(2)21(31)26(36)40-24)41-28(42-27(19)38-17)44-15-29-9-5-12-43(29)13-6-10-29/h17,37H,3-15H2,1-2H3,(H2,36,40)(H,38,41,42). The van der Waals surface area contributed by atoms with Gasteiger partial charge in [0.1, 0.15) is 29.3 Å². The van der Waals surface area contributed by atoms with Crippen LogP contribution in [0.2, 0.25) is 0 Å².